The van der Waals surface area contributed by atoms with E-state index in [0.29, 0.717) is 6.54 Å². The lowest BCUT2D eigenvalue weighted by atomic mass is 10.0. The third kappa shape index (κ3) is 5.75. The number of ether oxygens (including phenoxy) is 1. The third-order valence-corrected chi connectivity index (χ3v) is 5.40. The highest BCUT2D eigenvalue weighted by Crippen LogP contribution is 2.27. The molecule has 0 bridgehead atoms. The second-order valence-electron chi connectivity index (χ2n) is 6.61. The van der Waals surface area contributed by atoms with Crippen molar-refractivity contribution in [3.8, 4) is 0 Å². The summed E-state index contributed by atoms with van der Waals surface area (Å²) >= 11 is 1.69. The molecule has 3 aromatic rings. The zero-order valence-corrected chi connectivity index (χ0v) is 17.3. The first-order valence-electron chi connectivity index (χ1n) is 9.49. The number of hydrogen-bond donors (Lipinski definition) is 0. The molecule has 1 atom stereocenters. The molecule has 0 saturated heterocycles. The van der Waals surface area contributed by atoms with Crippen LogP contribution in [0.5, 0.6) is 0 Å². The van der Waals surface area contributed by atoms with Crippen LogP contribution in [-0.2, 0) is 17.9 Å². The maximum Gasteiger partial charge on any atom is 0.411 e. The van der Waals surface area contributed by atoms with Crippen LogP contribution in [0.1, 0.15) is 22.7 Å². The van der Waals surface area contributed by atoms with Gasteiger partial charge in [0, 0.05) is 11.4 Å². The van der Waals surface area contributed by atoms with Crippen molar-refractivity contribution in [1.82, 2.24) is 4.90 Å². The first-order valence-corrected chi connectivity index (χ1v) is 10.7. The molecule has 0 radical (unpaired) electrons. The Morgan fingerprint density at radius 3 is 2.10 bits per heavy atom. The van der Waals surface area contributed by atoms with Gasteiger partial charge in [0.1, 0.15) is 6.61 Å². The van der Waals surface area contributed by atoms with E-state index in [1.54, 1.807) is 22.7 Å². The van der Waals surface area contributed by atoms with Crippen LogP contribution in [0, 0.1) is 0 Å². The molecule has 0 aliphatic rings. The monoisotopic (exact) mass is 403 g/mol. The van der Waals surface area contributed by atoms with Gasteiger partial charge in [0.05, 0.1) is 6.04 Å². The largest absolute Gasteiger partial charge is 0.445 e. The zero-order valence-electron chi connectivity index (χ0n) is 16.5. The number of carbonyl (C=O) groups excluding carboxylic acids is 1. The van der Waals surface area contributed by atoms with E-state index in [2.05, 4.69) is 18.7 Å². The molecule has 0 aromatic heterocycles. The summed E-state index contributed by atoms with van der Waals surface area (Å²) < 4.78 is 5.65. The van der Waals surface area contributed by atoms with Gasteiger partial charge in [0.15, 0.2) is 0 Å². The molecule has 3 aromatic carbocycles. The summed E-state index contributed by atoms with van der Waals surface area (Å²) in [7, 11) is 0. The van der Waals surface area contributed by atoms with Gasteiger partial charge in [-0.3, -0.25) is 4.90 Å². The third-order valence-electron chi connectivity index (χ3n) is 4.65. The lowest BCUT2D eigenvalue weighted by molar-refractivity contribution is 0.0842. The number of carbonyl (C=O) groups is 1. The summed E-state index contributed by atoms with van der Waals surface area (Å²) in [5, 5.41) is 0. The summed E-state index contributed by atoms with van der Waals surface area (Å²) in [5.74, 6) is 0. The zero-order chi connectivity index (χ0) is 20.5. The van der Waals surface area contributed by atoms with E-state index in [1.807, 2.05) is 79.1 Å². The highest BCUT2D eigenvalue weighted by atomic mass is 32.2. The molecule has 0 aliphatic carbocycles. The SMILES string of the molecule is C=CC(c1ccc(SC)cc1)N(Cc1ccccc1)C(=O)OCc1ccccc1. The van der Waals surface area contributed by atoms with E-state index in [9.17, 15) is 4.79 Å². The second kappa shape index (κ2) is 10.5. The number of nitrogens with zero attached hydrogens (tertiary/aromatic N) is 1. The number of amides is 1. The lowest BCUT2D eigenvalue weighted by Gasteiger charge is -2.29. The normalized spacial score (nSPS) is 11.5. The minimum absolute atomic E-state index is 0.236. The van der Waals surface area contributed by atoms with Gasteiger partial charge in [-0.05, 0) is 35.1 Å². The molecular weight excluding hydrogens is 378 g/mol. The van der Waals surface area contributed by atoms with Gasteiger partial charge in [0.2, 0.25) is 0 Å². The maximum atomic E-state index is 13.1. The predicted octanol–water partition coefficient (Wildman–Crippen LogP) is 6.47. The molecule has 0 saturated carbocycles. The van der Waals surface area contributed by atoms with Crippen molar-refractivity contribution in [2.75, 3.05) is 6.26 Å². The van der Waals surface area contributed by atoms with E-state index in [4.69, 9.17) is 4.74 Å². The summed E-state index contributed by atoms with van der Waals surface area (Å²) in [6.07, 6.45) is 3.47. The van der Waals surface area contributed by atoms with Crippen molar-refractivity contribution in [1.29, 1.82) is 0 Å². The van der Waals surface area contributed by atoms with Crippen molar-refractivity contribution in [3.63, 3.8) is 0 Å². The van der Waals surface area contributed by atoms with Gasteiger partial charge in [0.25, 0.3) is 0 Å². The fraction of sp³-hybridized carbons (Fsp3) is 0.160. The first-order chi connectivity index (χ1) is 14.2. The van der Waals surface area contributed by atoms with Crippen LogP contribution < -0.4 is 0 Å². The van der Waals surface area contributed by atoms with Crippen LogP contribution in [0.15, 0.2) is 102 Å². The minimum Gasteiger partial charge on any atom is -0.445 e. The molecule has 0 fully saturated rings. The fourth-order valence-corrected chi connectivity index (χ4v) is 3.51. The molecule has 3 rings (SSSR count). The van der Waals surface area contributed by atoms with Gasteiger partial charge in [-0.1, -0.05) is 78.9 Å². The molecule has 0 N–H and O–H groups in total. The standard InChI is InChI=1S/C25H25NO2S/c1-3-24(22-14-16-23(29-2)17-15-22)26(18-20-10-6-4-7-11-20)25(27)28-19-21-12-8-5-9-13-21/h3-17,24H,1,18-19H2,2H3. The maximum absolute atomic E-state index is 13.1. The molecule has 1 amide bonds. The Kier molecular flexibility index (Phi) is 7.54. The lowest BCUT2D eigenvalue weighted by Crippen LogP contribution is -2.34. The van der Waals surface area contributed by atoms with Gasteiger partial charge in [-0.25, -0.2) is 4.79 Å². The average molecular weight is 404 g/mol. The second-order valence-corrected chi connectivity index (χ2v) is 7.49. The quantitative estimate of drug-likeness (QED) is 0.319. The number of rotatable bonds is 8. The molecule has 148 valence electrons. The number of hydrogen-bond acceptors (Lipinski definition) is 3. The van der Waals surface area contributed by atoms with E-state index < -0.39 is 0 Å². The highest BCUT2D eigenvalue weighted by molar-refractivity contribution is 7.98. The van der Waals surface area contributed by atoms with Crippen LogP contribution in [0.25, 0.3) is 0 Å². The van der Waals surface area contributed by atoms with Crippen LogP contribution in [0.3, 0.4) is 0 Å². The van der Waals surface area contributed by atoms with Crippen molar-refractivity contribution < 1.29 is 9.53 Å². The predicted molar refractivity (Wildman–Crippen MR) is 120 cm³/mol. The Morgan fingerprint density at radius 1 is 0.966 bits per heavy atom. The van der Waals surface area contributed by atoms with Crippen molar-refractivity contribution >= 4 is 17.9 Å². The minimum atomic E-state index is -0.364. The molecule has 0 heterocycles. The molecule has 0 aliphatic heterocycles. The van der Waals surface area contributed by atoms with Crippen molar-refractivity contribution in [3.05, 3.63) is 114 Å². The van der Waals surface area contributed by atoms with Crippen LogP contribution in [0.4, 0.5) is 4.79 Å². The van der Waals surface area contributed by atoms with Crippen molar-refractivity contribution in [2.24, 2.45) is 0 Å². The Hall–Kier alpha value is -2.98. The summed E-state index contributed by atoms with van der Waals surface area (Å²) in [6.45, 7) is 4.66. The fourth-order valence-electron chi connectivity index (χ4n) is 3.10. The van der Waals surface area contributed by atoms with Gasteiger partial charge >= 0.3 is 6.09 Å². The average Bonchev–Trinajstić information content (AvgIpc) is 2.79. The Bertz CT molecular complexity index is 911. The molecule has 3 nitrogen and oxygen atoms in total. The van der Waals surface area contributed by atoms with Gasteiger partial charge < -0.3 is 4.74 Å². The Morgan fingerprint density at radius 2 is 1.55 bits per heavy atom. The smallest absolute Gasteiger partial charge is 0.411 e. The van der Waals surface area contributed by atoms with E-state index in [0.717, 1.165) is 16.7 Å². The number of benzene rings is 3. The van der Waals surface area contributed by atoms with Crippen LogP contribution in [-0.4, -0.2) is 17.2 Å². The van der Waals surface area contributed by atoms with Gasteiger partial charge in [-0.15, -0.1) is 18.3 Å². The summed E-state index contributed by atoms with van der Waals surface area (Å²) in [4.78, 5) is 16.0. The van der Waals surface area contributed by atoms with E-state index in [1.165, 1.54) is 4.90 Å². The molecular formula is C25H25NO2S. The van der Waals surface area contributed by atoms with E-state index in [-0.39, 0.29) is 18.7 Å². The molecule has 4 heteroatoms. The van der Waals surface area contributed by atoms with Crippen LogP contribution >= 0.6 is 11.8 Å². The number of thioether (sulfide) groups is 1. The molecule has 1 unspecified atom stereocenters. The van der Waals surface area contributed by atoms with Crippen LogP contribution in [0.2, 0.25) is 0 Å². The summed E-state index contributed by atoms with van der Waals surface area (Å²) in [6, 6.07) is 27.6. The van der Waals surface area contributed by atoms with Crippen molar-refractivity contribution in [2.45, 2.75) is 24.1 Å². The van der Waals surface area contributed by atoms with E-state index >= 15 is 0 Å². The Balaban J connectivity index is 1.83. The topological polar surface area (TPSA) is 29.5 Å². The highest BCUT2D eigenvalue weighted by Gasteiger charge is 2.24. The van der Waals surface area contributed by atoms with Gasteiger partial charge in [-0.2, -0.15) is 0 Å². The first kappa shape index (κ1) is 20.7. The Labute approximate surface area is 177 Å². The molecule has 29 heavy (non-hydrogen) atoms. The summed E-state index contributed by atoms with van der Waals surface area (Å²) in [5.41, 5.74) is 3.00. The molecule has 0 spiro atoms.